The van der Waals surface area contributed by atoms with Gasteiger partial charge < -0.3 is 9.84 Å². The third-order valence-electron chi connectivity index (χ3n) is 5.90. The summed E-state index contributed by atoms with van der Waals surface area (Å²) in [6.45, 7) is 6.89. The molecule has 1 heterocycles. The maximum Gasteiger partial charge on any atom is 0.331 e. The van der Waals surface area contributed by atoms with E-state index in [9.17, 15) is 14.7 Å². The van der Waals surface area contributed by atoms with Crippen molar-refractivity contribution >= 4 is 62.2 Å². The maximum absolute atomic E-state index is 13.4. The number of halogens is 1. The van der Waals surface area contributed by atoms with Crippen molar-refractivity contribution in [2.45, 2.75) is 38.8 Å². The van der Waals surface area contributed by atoms with Gasteiger partial charge in [0.25, 0.3) is 5.91 Å². The van der Waals surface area contributed by atoms with Crippen LogP contribution in [0.15, 0.2) is 82.2 Å². The van der Waals surface area contributed by atoms with Crippen LogP contribution in [0.3, 0.4) is 0 Å². The van der Waals surface area contributed by atoms with Crippen LogP contribution in [-0.2, 0) is 21.6 Å². The molecule has 5 nitrogen and oxygen atoms in total. The van der Waals surface area contributed by atoms with E-state index in [0.29, 0.717) is 28.4 Å². The van der Waals surface area contributed by atoms with Crippen molar-refractivity contribution in [3.05, 3.63) is 104 Å². The van der Waals surface area contributed by atoms with E-state index in [1.807, 2.05) is 18.2 Å². The number of ether oxygens (including phenoxy) is 1. The van der Waals surface area contributed by atoms with Crippen LogP contribution in [0.2, 0.25) is 0 Å². The Morgan fingerprint density at radius 2 is 1.78 bits per heavy atom. The molecule has 1 saturated heterocycles. The Labute approximate surface area is 234 Å². The molecule has 0 aliphatic carbocycles. The second-order valence-corrected chi connectivity index (χ2v) is 12.2. The lowest BCUT2D eigenvalue weighted by molar-refractivity contribution is -0.145. The number of hydrogen-bond acceptors (Lipinski definition) is 5. The van der Waals surface area contributed by atoms with E-state index in [0.717, 1.165) is 21.8 Å². The fourth-order valence-electron chi connectivity index (χ4n) is 3.91. The number of carboxylic acids is 1. The topological polar surface area (TPSA) is 66.8 Å². The fourth-order valence-corrected chi connectivity index (χ4v) is 5.59. The molecule has 0 spiro atoms. The molecule has 8 heteroatoms. The van der Waals surface area contributed by atoms with Gasteiger partial charge in [-0.05, 0) is 46.4 Å². The third kappa shape index (κ3) is 6.32. The number of thioether (sulfide) groups is 1. The van der Waals surface area contributed by atoms with Gasteiger partial charge >= 0.3 is 5.97 Å². The fraction of sp³-hybridized carbons (Fsp3) is 0.207. The quantitative estimate of drug-likeness (QED) is 0.227. The molecule has 3 aromatic carbocycles. The SMILES string of the molecule is CC(C)(C)c1ccc(COc2ccc(Br)cc2/C=C2/SC(=S)N(C(C(=O)O)c3ccccc3)C2=O)cc1. The van der Waals surface area contributed by atoms with Crippen LogP contribution in [-0.4, -0.2) is 26.2 Å². The number of carbonyl (C=O) groups excluding carboxylic acids is 1. The number of hydrogen-bond donors (Lipinski definition) is 1. The Bertz CT molecular complexity index is 1360. The van der Waals surface area contributed by atoms with Gasteiger partial charge in [-0.2, -0.15) is 0 Å². The predicted molar refractivity (Wildman–Crippen MR) is 155 cm³/mol. The summed E-state index contributed by atoms with van der Waals surface area (Å²) in [6.07, 6.45) is 1.70. The molecule has 0 bridgehead atoms. The highest BCUT2D eigenvalue weighted by atomic mass is 79.9. The van der Waals surface area contributed by atoms with Gasteiger partial charge in [-0.3, -0.25) is 9.69 Å². The molecule has 1 unspecified atom stereocenters. The van der Waals surface area contributed by atoms with Crippen LogP contribution in [0.4, 0.5) is 0 Å². The zero-order chi connectivity index (χ0) is 26.7. The van der Waals surface area contributed by atoms with Crippen molar-refractivity contribution in [3.8, 4) is 5.75 Å². The van der Waals surface area contributed by atoms with Crippen LogP contribution in [0.25, 0.3) is 6.08 Å². The molecule has 1 amide bonds. The molecule has 1 aliphatic heterocycles. The summed E-state index contributed by atoms with van der Waals surface area (Å²) < 4.78 is 7.15. The van der Waals surface area contributed by atoms with Crippen molar-refractivity contribution in [2.24, 2.45) is 0 Å². The van der Waals surface area contributed by atoms with Gasteiger partial charge in [0.05, 0.1) is 4.91 Å². The average molecular weight is 597 g/mol. The van der Waals surface area contributed by atoms with Crippen molar-refractivity contribution in [1.82, 2.24) is 4.90 Å². The number of aliphatic carboxylic acids is 1. The summed E-state index contributed by atoms with van der Waals surface area (Å²) >= 11 is 10.0. The Kier molecular flexibility index (Phi) is 8.21. The first-order valence-electron chi connectivity index (χ1n) is 11.6. The van der Waals surface area contributed by atoms with Crippen LogP contribution in [0.1, 0.15) is 49.1 Å². The highest BCUT2D eigenvalue weighted by Crippen LogP contribution is 2.39. The number of benzene rings is 3. The zero-order valence-corrected chi connectivity index (χ0v) is 23.8. The van der Waals surface area contributed by atoms with E-state index in [4.69, 9.17) is 17.0 Å². The lowest BCUT2D eigenvalue weighted by Gasteiger charge is -2.23. The minimum atomic E-state index is -1.20. The number of carbonyl (C=O) groups is 2. The van der Waals surface area contributed by atoms with E-state index in [1.54, 1.807) is 36.4 Å². The molecule has 0 radical (unpaired) electrons. The third-order valence-corrected chi connectivity index (χ3v) is 7.73. The summed E-state index contributed by atoms with van der Waals surface area (Å²) in [4.78, 5) is 27.0. The molecule has 1 N–H and O–H groups in total. The van der Waals surface area contributed by atoms with E-state index in [2.05, 4.69) is 61.0 Å². The molecule has 1 atom stereocenters. The molecule has 1 fully saturated rings. The molecular weight excluding hydrogens is 570 g/mol. The highest BCUT2D eigenvalue weighted by Gasteiger charge is 2.41. The number of carboxylic acid groups (broad SMARTS) is 1. The predicted octanol–water partition coefficient (Wildman–Crippen LogP) is 7.35. The molecular formula is C29H26BrNO4S2. The molecule has 190 valence electrons. The second-order valence-electron chi connectivity index (χ2n) is 9.62. The summed E-state index contributed by atoms with van der Waals surface area (Å²) in [6, 6.07) is 21.3. The molecule has 0 aromatic heterocycles. The summed E-state index contributed by atoms with van der Waals surface area (Å²) in [7, 11) is 0. The van der Waals surface area contributed by atoms with Crippen LogP contribution < -0.4 is 4.74 Å². The number of thiocarbonyl (C=S) groups is 1. The van der Waals surface area contributed by atoms with Crippen LogP contribution >= 0.6 is 39.9 Å². The standard InChI is InChI=1S/C29H26BrNO4S2/c1-29(2,3)21-11-9-18(10-12-21)17-35-23-14-13-22(30)15-20(23)16-24-26(32)31(28(36)37-24)25(27(33)34)19-7-5-4-6-8-19/h4-16,25H,17H2,1-3H3,(H,33,34)/b24-16+. The summed E-state index contributed by atoms with van der Waals surface area (Å²) in [5, 5.41) is 9.91. The van der Waals surface area contributed by atoms with E-state index in [1.165, 1.54) is 10.5 Å². The van der Waals surface area contributed by atoms with Gasteiger partial charge in [0.1, 0.15) is 16.7 Å². The number of amides is 1. The smallest absolute Gasteiger partial charge is 0.331 e. The number of rotatable bonds is 7. The van der Waals surface area contributed by atoms with Crippen molar-refractivity contribution < 1.29 is 19.4 Å². The Hall–Kier alpha value is -2.94. The maximum atomic E-state index is 13.4. The van der Waals surface area contributed by atoms with E-state index >= 15 is 0 Å². The van der Waals surface area contributed by atoms with Gasteiger partial charge in [0.2, 0.25) is 0 Å². The first-order valence-corrected chi connectivity index (χ1v) is 13.6. The van der Waals surface area contributed by atoms with Gasteiger partial charge in [-0.25, -0.2) is 4.79 Å². The first kappa shape index (κ1) is 27.1. The molecule has 4 rings (SSSR count). The van der Waals surface area contributed by atoms with Crippen LogP contribution in [0, 0.1) is 0 Å². The monoisotopic (exact) mass is 595 g/mol. The van der Waals surface area contributed by atoms with E-state index < -0.39 is 17.9 Å². The van der Waals surface area contributed by atoms with Gasteiger partial charge in [0.15, 0.2) is 6.04 Å². The van der Waals surface area contributed by atoms with Crippen LogP contribution in [0.5, 0.6) is 5.75 Å². The van der Waals surface area contributed by atoms with Crippen molar-refractivity contribution in [1.29, 1.82) is 0 Å². The largest absolute Gasteiger partial charge is 0.488 e. The zero-order valence-electron chi connectivity index (χ0n) is 20.6. The lowest BCUT2D eigenvalue weighted by Crippen LogP contribution is -2.37. The first-order chi connectivity index (χ1) is 17.5. The van der Waals surface area contributed by atoms with Crippen molar-refractivity contribution in [3.63, 3.8) is 0 Å². The van der Waals surface area contributed by atoms with Gasteiger partial charge in [-0.15, -0.1) is 0 Å². The van der Waals surface area contributed by atoms with Gasteiger partial charge in [-0.1, -0.05) is 115 Å². The highest BCUT2D eigenvalue weighted by molar-refractivity contribution is 9.10. The lowest BCUT2D eigenvalue weighted by atomic mass is 9.87. The molecule has 1 aliphatic rings. The Morgan fingerprint density at radius 1 is 1.11 bits per heavy atom. The molecule has 37 heavy (non-hydrogen) atoms. The number of nitrogens with zero attached hydrogens (tertiary/aromatic N) is 1. The van der Waals surface area contributed by atoms with Crippen molar-refractivity contribution in [2.75, 3.05) is 0 Å². The normalized spacial score (nSPS) is 15.8. The Morgan fingerprint density at radius 3 is 2.41 bits per heavy atom. The minimum absolute atomic E-state index is 0.0740. The minimum Gasteiger partial charge on any atom is -0.488 e. The summed E-state index contributed by atoms with van der Waals surface area (Å²) in [5.74, 6) is -0.992. The molecule has 0 saturated carbocycles. The molecule has 3 aromatic rings. The Balaban J connectivity index is 1.58. The van der Waals surface area contributed by atoms with Gasteiger partial charge in [0, 0.05) is 10.0 Å². The second kappa shape index (κ2) is 11.2. The summed E-state index contributed by atoms with van der Waals surface area (Å²) in [5.41, 5.74) is 3.52. The van der Waals surface area contributed by atoms with E-state index in [-0.39, 0.29) is 9.74 Å². The average Bonchev–Trinajstić information content (AvgIpc) is 3.12.